The van der Waals surface area contributed by atoms with E-state index in [9.17, 15) is 4.79 Å². The predicted molar refractivity (Wildman–Crippen MR) is 99.7 cm³/mol. The quantitative estimate of drug-likeness (QED) is 0.571. The first-order valence-electron chi connectivity index (χ1n) is 8.59. The van der Waals surface area contributed by atoms with E-state index >= 15 is 0 Å². The Balaban J connectivity index is 2.12. The van der Waals surface area contributed by atoms with Gasteiger partial charge in [-0.05, 0) is 11.6 Å². The van der Waals surface area contributed by atoms with Crippen LogP contribution in [-0.4, -0.2) is 25.0 Å². The van der Waals surface area contributed by atoms with E-state index < -0.39 is 0 Å². The SMILES string of the molecule is CC(C)NCCOc1ccccc1-c1ccc(C(=O)C(C)C)cc1. The van der Waals surface area contributed by atoms with E-state index in [0.29, 0.717) is 12.6 Å². The van der Waals surface area contributed by atoms with E-state index in [1.807, 2.05) is 62.4 Å². The van der Waals surface area contributed by atoms with Gasteiger partial charge in [-0.1, -0.05) is 70.2 Å². The molecule has 128 valence electrons. The summed E-state index contributed by atoms with van der Waals surface area (Å²) in [6.07, 6.45) is 0. The molecule has 0 bridgehead atoms. The minimum absolute atomic E-state index is 0.0138. The summed E-state index contributed by atoms with van der Waals surface area (Å²) in [7, 11) is 0. The van der Waals surface area contributed by atoms with Gasteiger partial charge in [0.1, 0.15) is 12.4 Å². The van der Waals surface area contributed by atoms with Crippen LogP contribution in [0.3, 0.4) is 0 Å². The molecular formula is C21H27NO2. The molecule has 0 saturated heterocycles. The number of ether oxygens (including phenoxy) is 1. The highest BCUT2D eigenvalue weighted by Gasteiger charge is 2.11. The highest BCUT2D eigenvalue weighted by atomic mass is 16.5. The molecule has 0 amide bonds. The number of hydrogen-bond acceptors (Lipinski definition) is 3. The zero-order chi connectivity index (χ0) is 17.5. The van der Waals surface area contributed by atoms with Crippen LogP contribution in [0.2, 0.25) is 0 Å². The molecule has 0 heterocycles. The fourth-order valence-corrected chi connectivity index (χ4v) is 2.49. The lowest BCUT2D eigenvalue weighted by atomic mass is 9.97. The Hall–Kier alpha value is -2.13. The topological polar surface area (TPSA) is 38.3 Å². The normalized spacial score (nSPS) is 11.1. The van der Waals surface area contributed by atoms with E-state index in [1.54, 1.807) is 0 Å². The first-order chi connectivity index (χ1) is 11.5. The molecular weight excluding hydrogens is 298 g/mol. The molecule has 0 aromatic heterocycles. The van der Waals surface area contributed by atoms with Gasteiger partial charge < -0.3 is 10.1 Å². The van der Waals surface area contributed by atoms with Crippen molar-refractivity contribution in [1.29, 1.82) is 0 Å². The van der Waals surface area contributed by atoms with E-state index in [-0.39, 0.29) is 11.7 Å². The summed E-state index contributed by atoms with van der Waals surface area (Å²) >= 11 is 0. The van der Waals surface area contributed by atoms with Gasteiger partial charge in [0.05, 0.1) is 0 Å². The van der Waals surface area contributed by atoms with Crippen LogP contribution in [0.15, 0.2) is 48.5 Å². The van der Waals surface area contributed by atoms with Crippen molar-refractivity contribution in [1.82, 2.24) is 5.32 Å². The van der Waals surface area contributed by atoms with Gasteiger partial charge in [-0.15, -0.1) is 0 Å². The largest absolute Gasteiger partial charge is 0.492 e. The highest BCUT2D eigenvalue weighted by molar-refractivity contribution is 5.97. The van der Waals surface area contributed by atoms with Crippen LogP contribution in [0.1, 0.15) is 38.1 Å². The van der Waals surface area contributed by atoms with Crippen molar-refractivity contribution in [2.45, 2.75) is 33.7 Å². The van der Waals surface area contributed by atoms with Gasteiger partial charge in [0.2, 0.25) is 0 Å². The first-order valence-corrected chi connectivity index (χ1v) is 8.59. The second-order valence-electron chi connectivity index (χ2n) is 6.55. The summed E-state index contributed by atoms with van der Waals surface area (Å²) in [5.41, 5.74) is 2.86. The number of carbonyl (C=O) groups is 1. The summed E-state index contributed by atoms with van der Waals surface area (Å²) in [5, 5.41) is 3.34. The van der Waals surface area contributed by atoms with Gasteiger partial charge in [-0.2, -0.15) is 0 Å². The van der Waals surface area contributed by atoms with E-state index in [4.69, 9.17) is 4.74 Å². The van der Waals surface area contributed by atoms with Gasteiger partial charge in [0, 0.05) is 29.6 Å². The zero-order valence-electron chi connectivity index (χ0n) is 15.0. The molecule has 0 fully saturated rings. The minimum atomic E-state index is 0.0138. The smallest absolute Gasteiger partial charge is 0.165 e. The van der Waals surface area contributed by atoms with Crippen LogP contribution < -0.4 is 10.1 Å². The number of carbonyl (C=O) groups excluding carboxylic acids is 1. The standard InChI is InChI=1S/C21H27NO2/c1-15(2)21(23)18-11-9-17(10-12-18)19-7-5-6-8-20(19)24-14-13-22-16(3)4/h5-12,15-16,22H,13-14H2,1-4H3. The van der Waals surface area contributed by atoms with Crippen molar-refractivity contribution in [3.05, 3.63) is 54.1 Å². The summed E-state index contributed by atoms with van der Waals surface area (Å²) in [5.74, 6) is 1.05. The van der Waals surface area contributed by atoms with Gasteiger partial charge in [-0.3, -0.25) is 4.79 Å². The van der Waals surface area contributed by atoms with Gasteiger partial charge in [-0.25, -0.2) is 0 Å². The lowest BCUT2D eigenvalue weighted by Crippen LogP contribution is -2.27. The average Bonchev–Trinajstić information content (AvgIpc) is 2.58. The van der Waals surface area contributed by atoms with Crippen LogP contribution in [-0.2, 0) is 0 Å². The Morgan fingerprint density at radius 3 is 2.29 bits per heavy atom. The minimum Gasteiger partial charge on any atom is -0.492 e. The summed E-state index contributed by atoms with van der Waals surface area (Å²) in [6.45, 7) is 9.52. The van der Waals surface area contributed by atoms with Crippen LogP contribution in [0.4, 0.5) is 0 Å². The highest BCUT2D eigenvalue weighted by Crippen LogP contribution is 2.30. The van der Waals surface area contributed by atoms with Crippen LogP contribution in [0.25, 0.3) is 11.1 Å². The Morgan fingerprint density at radius 2 is 1.67 bits per heavy atom. The molecule has 1 N–H and O–H groups in total. The molecule has 2 rings (SSSR count). The van der Waals surface area contributed by atoms with Crippen molar-refractivity contribution in [2.24, 2.45) is 5.92 Å². The second-order valence-corrected chi connectivity index (χ2v) is 6.55. The number of rotatable bonds is 8. The molecule has 3 nitrogen and oxygen atoms in total. The van der Waals surface area contributed by atoms with E-state index in [1.165, 1.54) is 0 Å². The number of benzene rings is 2. The Kier molecular flexibility index (Phi) is 6.56. The average molecular weight is 325 g/mol. The van der Waals surface area contributed by atoms with Crippen molar-refractivity contribution < 1.29 is 9.53 Å². The van der Waals surface area contributed by atoms with Gasteiger partial charge >= 0.3 is 0 Å². The van der Waals surface area contributed by atoms with Crippen molar-refractivity contribution in [2.75, 3.05) is 13.2 Å². The third kappa shape index (κ3) is 4.93. The molecule has 2 aromatic rings. The Morgan fingerprint density at radius 1 is 1.00 bits per heavy atom. The lowest BCUT2D eigenvalue weighted by molar-refractivity contribution is 0.0939. The maximum absolute atomic E-state index is 12.1. The lowest BCUT2D eigenvalue weighted by Gasteiger charge is -2.13. The molecule has 2 aromatic carbocycles. The summed E-state index contributed by atoms with van der Waals surface area (Å²) in [6, 6.07) is 16.2. The predicted octanol–water partition coefficient (Wildman–Crippen LogP) is 4.57. The summed E-state index contributed by atoms with van der Waals surface area (Å²) < 4.78 is 5.93. The molecule has 24 heavy (non-hydrogen) atoms. The maximum atomic E-state index is 12.1. The molecule has 0 unspecified atom stereocenters. The molecule has 0 radical (unpaired) electrons. The first kappa shape index (κ1) is 18.2. The Bertz CT molecular complexity index is 660. The second kappa shape index (κ2) is 8.65. The van der Waals surface area contributed by atoms with Crippen LogP contribution >= 0.6 is 0 Å². The number of Topliss-reactive ketones (excluding diaryl/α,β-unsaturated/α-hetero) is 1. The van der Waals surface area contributed by atoms with Gasteiger partial charge in [0.15, 0.2) is 5.78 Å². The maximum Gasteiger partial charge on any atom is 0.165 e. The van der Waals surface area contributed by atoms with Crippen LogP contribution in [0.5, 0.6) is 5.75 Å². The van der Waals surface area contributed by atoms with E-state index in [0.717, 1.165) is 29.0 Å². The molecule has 0 aliphatic heterocycles. The molecule has 0 spiro atoms. The molecule has 0 atom stereocenters. The summed E-state index contributed by atoms with van der Waals surface area (Å²) in [4.78, 5) is 12.1. The molecule has 0 aliphatic carbocycles. The van der Waals surface area contributed by atoms with Gasteiger partial charge in [0.25, 0.3) is 0 Å². The number of hydrogen-bond donors (Lipinski definition) is 1. The monoisotopic (exact) mass is 325 g/mol. The Labute approximate surface area is 145 Å². The molecule has 3 heteroatoms. The number of para-hydroxylation sites is 1. The van der Waals surface area contributed by atoms with Crippen molar-refractivity contribution in [3.63, 3.8) is 0 Å². The third-order valence-corrected chi connectivity index (χ3v) is 3.80. The van der Waals surface area contributed by atoms with E-state index in [2.05, 4.69) is 19.2 Å². The third-order valence-electron chi connectivity index (χ3n) is 3.80. The zero-order valence-corrected chi connectivity index (χ0v) is 15.0. The van der Waals surface area contributed by atoms with Crippen LogP contribution in [0, 0.1) is 5.92 Å². The molecule has 0 aliphatic rings. The fourth-order valence-electron chi connectivity index (χ4n) is 2.49. The van der Waals surface area contributed by atoms with Crippen molar-refractivity contribution in [3.8, 4) is 16.9 Å². The number of ketones is 1. The fraction of sp³-hybridized carbons (Fsp3) is 0.381. The van der Waals surface area contributed by atoms with Crippen molar-refractivity contribution >= 4 is 5.78 Å². The molecule has 0 saturated carbocycles. The number of nitrogens with one attached hydrogen (secondary N) is 1.